The Labute approximate surface area is 226 Å². The van der Waals surface area contributed by atoms with E-state index in [-0.39, 0.29) is 18.7 Å². The standard InChI is InChI=1S/C30H33F2N3O4/c1-20(2)26(35-29(38)39-19-22-13-7-4-8-14-22)27(36)23(17-21-11-5-3-6-12-21)28(37)30(31,32)18-24(33)25-15-9-10-16-34-25/h3-16,20,23-24,26H,17-19,33H2,1-2H3,(H,35,38)/t23-,24?,26-/m0/s1. The largest absolute Gasteiger partial charge is 0.445 e. The van der Waals surface area contributed by atoms with Crippen LogP contribution in [0, 0.1) is 11.8 Å². The molecule has 3 N–H and O–H groups in total. The van der Waals surface area contributed by atoms with E-state index in [9.17, 15) is 14.4 Å². The van der Waals surface area contributed by atoms with Crippen molar-refractivity contribution in [3.63, 3.8) is 0 Å². The predicted octanol–water partition coefficient (Wildman–Crippen LogP) is 5.05. The Kier molecular flexibility index (Phi) is 10.4. The van der Waals surface area contributed by atoms with Crippen LogP contribution in [0.1, 0.15) is 43.1 Å². The maximum atomic E-state index is 15.4. The molecule has 3 rings (SSSR count). The minimum absolute atomic E-state index is 0.0401. The molecule has 9 heteroatoms. The summed E-state index contributed by atoms with van der Waals surface area (Å²) in [6, 6.07) is 19.6. The third-order valence-electron chi connectivity index (χ3n) is 6.31. The zero-order valence-corrected chi connectivity index (χ0v) is 21.9. The molecule has 3 aromatic rings. The van der Waals surface area contributed by atoms with Crippen LogP contribution >= 0.6 is 0 Å². The molecule has 0 saturated heterocycles. The lowest BCUT2D eigenvalue weighted by Gasteiger charge is -2.28. The average Bonchev–Trinajstić information content (AvgIpc) is 2.94. The molecule has 1 amide bonds. The fourth-order valence-electron chi connectivity index (χ4n) is 4.18. The lowest BCUT2D eigenvalue weighted by molar-refractivity contribution is -0.153. The number of alkyl halides is 2. The van der Waals surface area contributed by atoms with Gasteiger partial charge in [0.05, 0.1) is 23.7 Å². The van der Waals surface area contributed by atoms with Gasteiger partial charge < -0.3 is 15.8 Å². The van der Waals surface area contributed by atoms with Crippen molar-refractivity contribution in [2.75, 3.05) is 0 Å². The lowest BCUT2D eigenvalue weighted by atomic mass is 9.81. The highest BCUT2D eigenvalue weighted by molar-refractivity contribution is 6.08. The summed E-state index contributed by atoms with van der Waals surface area (Å²) in [5, 5.41) is 2.48. The normalized spacial score (nSPS) is 13.8. The van der Waals surface area contributed by atoms with Gasteiger partial charge in [0.1, 0.15) is 6.61 Å². The van der Waals surface area contributed by atoms with E-state index in [2.05, 4.69) is 10.3 Å². The maximum Gasteiger partial charge on any atom is 0.408 e. The maximum absolute atomic E-state index is 15.4. The Hall–Kier alpha value is -3.98. The van der Waals surface area contributed by atoms with Gasteiger partial charge in [0.15, 0.2) is 5.78 Å². The van der Waals surface area contributed by atoms with Crippen LogP contribution in [0.3, 0.4) is 0 Å². The predicted molar refractivity (Wildman–Crippen MR) is 143 cm³/mol. The van der Waals surface area contributed by atoms with E-state index in [0.29, 0.717) is 5.56 Å². The van der Waals surface area contributed by atoms with Crippen molar-refractivity contribution < 1.29 is 27.9 Å². The number of alkyl carbamates (subject to hydrolysis) is 1. The average molecular weight is 538 g/mol. The van der Waals surface area contributed by atoms with Gasteiger partial charge in [-0.05, 0) is 35.6 Å². The zero-order valence-electron chi connectivity index (χ0n) is 21.9. The number of ketones is 2. The first-order chi connectivity index (χ1) is 18.6. The second-order valence-electron chi connectivity index (χ2n) is 9.71. The number of benzene rings is 2. The summed E-state index contributed by atoms with van der Waals surface area (Å²) in [7, 11) is 0. The number of rotatable bonds is 13. The molecule has 0 aliphatic carbocycles. The van der Waals surface area contributed by atoms with Gasteiger partial charge in [0.2, 0.25) is 5.78 Å². The number of carbonyl (C=O) groups is 3. The highest BCUT2D eigenvalue weighted by Crippen LogP contribution is 2.32. The molecule has 0 aliphatic rings. The number of amides is 1. The fourth-order valence-corrected chi connectivity index (χ4v) is 4.18. The van der Waals surface area contributed by atoms with E-state index < -0.39 is 53.9 Å². The molecule has 1 aromatic heterocycles. The third kappa shape index (κ3) is 8.51. The number of nitrogens with zero attached hydrogens (tertiary/aromatic N) is 1. The lowest BCUT2D eigenvalue weighted by Crippen LogP contribution is -2.51. The van der Waals surface area contributed by atoms with E-state index in [4.69, 9.17) is 10.5 Å². The molecular weight excluding hydrogens is 504 g/mol. The molecule has 0 bridgehead atoms. The smallest absolute Gasteiger partial charge is 0.408 e. The third-order valence-corrected chi connectivity index (χ3v) is 6.31. The molecular formula is C30H33F2N3O4. The topological polar surface area (TPSA) is 111 Å². The minimum atomic E-state index is -3.92. The summed E-state index contributed by atoms with van der Waals surface area (Å²) in [4.78, 5) is 43.5. The van der Waals surface area contributed by atoms with Crippen LogP contribution < -0.4 is 11.1 Å². The number of hydrogen-bond acceptors (Lipinski definition) is 6. The molecule has 0 aliphatic heterocycles. The molecule has 1 unspecified atom stereocenters. The first kappa shape index (κ1) is 29.6. The molecule has 7 nitrogen and oxygen atoms in total. The summed E-state index contributed by atoms with van der Waals surface area (Å²) in [6.07, 6.45) is -0.732. The van der Waals surface area contributed by atoms with Crippen LogP contribution in [0.4, 0.5) is 13.6 Å². The van der Waals surface area contributed by atoms with Crippen molar-refractivity contribution >= 4 is 17.7 Å². The molecule has 2 aromatic carbocycles. The summed E-state index contributed by atoms with van der Waals surface area (Å²) >= 11 is 0. The number of nitrogens with one attached hydrogen (secondary N) is 1. The van der Waals surface area contributed by atoms with Crippen molar-refractivity contribution in [3.8, 4) is 0 Å². The van der Waals surface area contributed by atoms with Crippen molar-refractivity contribution in [2.45, 2.75) is 51.3 Å². The van der Waals surface area contributed by atoms with Crippen LogP contribution in [0.2, 0.25) is 0 Å². The second kappa shape index (κ2) is 13.7. The molecule has 1 heterocycles. The molecule has 0 radical (unpaired) electrons. The number of nitrogens with two attached hydrogens (primary N) is 1. The fraction of sp³-hybridized carbons (Fsp3) is 0.333. The van der Waals surface area contributed by atoms with E-state index in [1.54, 1.807) is 80.6 Å². The number of halogens is 2. The van der Waals surface area contributed by atoms with Crippen molar-refractivity contribution in [3.05, 3.63) is 102 Å². The van der Waals surface area contributed by atoms with Gasteiger partial charge in [0.25, 0.3) is 0 Å². The second-order valence-corrected chi connectivity index (χ2v) is 9.71. The first-order valence-corrected chi connectivity index (χ1v) is 12.7. The van der Waals surface area contributed by atoms with Gasteiger partial charge in [-0.1, -0.05) is 80.6 Å². The van der Waals surface area contributed by atoms with Crippen LogP contribution in [-0.4, -0.2) is 34.6 Å². The Morgan fingerprint density at radius 2 is 1.51 bits per heavy atom. The van der Waals surface area contributed by atoms with Crippen LogP contribution in [0.5, 0.6) is 0 Å². The van der Waals surface area contributed by atoms with E-state index in [0.717, 1.165) is 5.56 Å². The van der Waals surface area contributed by atoms with Gasteiger partial charge in [-0.15, -0.1) is 0 Å². The quantitative estimate of drug-likeness (QED) is 0.295. The van der Waals surface area contributed by atoms with Crippen molar-refractivity contribution in [1.82, 2.24) is 10.3 Å². The van der Waals surface area contributed by atoms with E-state index >= 15 is 8.78 Å². The summed E-state index contributed by atoms with van der Waals surface area (Å²) < 4.78 is 36.0. The molecule has 0 saturated carbocycles. The van der Waals surface area contributed by atoms with Crippen LogP contribution in [0.25, 0.3) is 0 Å². The molecule has 3 atom stereocenters. The Morgan fingerprint density at radius 1 is 0.923 bits per heavy atom. The number of aromatic nitrogens is 1. The summed E-state index contributed by atoms with van der Waals surface area (Å²) in [5.41, 5.74) is 7.42. The zero-order chi connectivity index (χ0) is 28.4. The Bertz CT molecular complexity index is 1220. The Balaban J connectivity index is 1.81. The Morgan fingerprint density at radius 3 is 2.08 bits per heavy atom. The van der Waals surface area contributed by atoms with Crippen molar-refractivity contribution in [1.29, 1.82) is 0 Å². The van der Waals surface area contributed by atoms with Gasteiger partial charge in [-0.3, -0.25) is 14.6 Å². The molecule has 0 spiro atoms. The van der Waals surface area contributed by atoms with Crippen LogP contribution in [0.15, 0.2) is 85.1 Å². The van der Waals surface area contributed by atoms with E-state index in [1.165, 1.54) is 12.3 Å². The number of hydrogen-bond donors (Lipinski definition) is 2. The SMILES string of the molecule is CC(C)[C@H](NC(=O)OCc1ccccc1)C(=O)[C@H](Cc1ccccc1)C(=O)C(F)(F)CC(N)c1ccccn1. The molecule has 39 heavy (non-hydrogen) atoms. The summed E-state index contributed by atoms with van der Waals surface area (Å²) in [6.45, 7) is 3.26. The number of ether oxygens (including phenoxy) is 1. The summed E-state index contributed by atoms with van der Waals surface area (Å²) in [5.74, 6) is -8.51. The first-order valence-electron chi connectivity index (χ1n) is 12.7. The highest BCUT2D eigenvalue weighted by Gasteiger charge is 2.48. The minimum Gasteiger partial charge on any atom is -0.445 e. The monoisotopic (exact) mass is 537 g/mol. The van der Waals surface area contributed by atoms with Crippen LogP contribution in [-0.2, 0) is 27.4 Å². The van der Waals surface area contributed by atoms with Gasteiger partial charge >= 0.3 is 12.0 Å². The highest BCUT2D eigenvalue weighted by atomic mass is 19.3. The van der Waals surface area contributed by atoms with Gasteiger partial charge in [0, 0.05) is 12.6 Å². The molecule has 206 valence electrons. The number of carbonyl (C=O) groups excluding carboxylic acids is 3. The van der Waals surface area contributed by atoms with Gasteiger partial charge in [-0.2, -0.15) is 8.78 Å². The van der Waals surface area contributed by atoms with Gasteiger partial charge in [-0.25, -0.2) is 4.79 Å². The number of Topliss-reactive ketones (excluding diaryl/α,β-unsaturated/α-hetero) is 2. The van der Waals surface area contributed by atoms with Crippen molar-refractivity contribution in [2.24, 2.45) is 17.6 Å². The molecule has 0 fully saturated rings. The van der Waals surface area contributed by atoms with E-state index in [1.807, 2.05) is 6.07 Å². The number of pyridine rings is 1.